The summed E-state index contributed by atoms with van der Waals surface area (Å²) in [5.74, 6) is 0.867. The number of aromatic nitrogens is 2. The maximum Gasteiger partial charge on any atom is 0.239 e. The van der Waals surface area contributed by atoms with E-state index in [9.17, 15) is 4.79 Å². The van der Waals surface area contributed by atoms with Crippen LogP contribution < -0.4 is 10.6 Å². The molecule has 1 heterocycles. The molecule has 0 saturated heterocycles. The number of anilines is 1. The van der Waals surface area contributed by atoms with Gasteiger partial charge in [0.25, 0.3) is 0 Å². The van der Waals surface area contributed by atoms with Crippen LogP contribution in [0.5, 0.6) is 0 Å². The number of nitrogens with one attached hydrogen (secondary N) is 3. The van der Waals surface area contributed by atoms with Gasteiger partial charge in [-0.2, -0.15) is 5.26 Å². The van der Waals surface area contributed by atoms with Gasteiger partial charge in [-0.15, -0.1) is 0 Å². The van der Waals surface area contributed by atoms with Crippen LogP contribution >= 0.6 is 0 Å². The Balaban J connectivity index is 1.90. The first-order chi connectivity index (χ1) is 10.6. The van der Waals surface area contributed by atoms with E-state index < -0.39 is 0 Å². The molecule has 0 aliphatic rings. The summed E-state index contributed by atoms with van der Waals surface area (Å²) in [4.78, 5) is 19.3. The third-order valence-corrected chi connectivity index (χ3v) is 3.26. The predicted molar refractivity (Wildman–Crippen MR) is 84.0 cm³/mol. The van der Waals surface area contributed by atoms with Gasteiger partial charge in [0.2, 0.25) is 5.91 Å². The van der Waals surface area contributed by atoms with Crippen LogP contribution in [-0.4, -0.2) is 22.4 Å². The van der Waals surface area contributed by atoms with Gasteiger partial charge in [-0.1, -0.05) is 13.8 Å². The highest BCUT2D eigenvalue weighted by Gasteiger charge is 2.20. The van der Waals surface area contributed by atoms with E-state index >= 15 is 0 Å². The van der Waals surface area contributed by atoms with Crippen molar-refractivity contribution in [3.8, 4) is 6.07 Å². The van der Waals surface area contributed by atoms with E-state index in [1.165, 1.54) is 0 Å². The summed E-state index contributed by atoms with van der Waals surface area (Å²) < 4.78 is 0. The quantitative estimate of drug-likeness (QED) is 0.762. The van der Waals surface area contributed by atoms with Crippen LogP contribution in [0.1, 0.15) is 31.3 Å². The summed E-state index contributed by atoms with van der Waals surface area (Å²) >= 11 is 0. The van der Waals surface area contributed by atoms with E-state index in [2.05, 4.69) is 26.7 Å². The summed E-state index contributed by atoms with van der Waals surface area (Å²) in [5.41, 5.74) is 1.39. The Kier molecular flexibility index (Phi) is 5.15. The zero-order valence-corrected chi connectivity index (χ0v) is 12.6. The molecule has 1 amide bonds. The molecule has 3 N–H and O–H groups in total. The highest BCUT2D eigenvalue weighted by molar-refractivity contribution is 5.81. The maximum absolute atomic E-state index is 12.1. The number of carbonyl (C=O) groups excluding carboxylic acids is 1. The van der Waals surface area contributed by atoms with E-state index in [0.717, 1.165) is 11.5 Å². The Morgan fingerprint density at radius 1 is 1.36 bits per heavy atom. The molecule has 6 heteroatoms. The molecule has 1 aromatic carbocycles. The van der Waals surface area contributed by atoms with Crippen LogP contribution in [0, 0.1) is 17.2 Å². The zero-order valence-electron chi connectivity index (χ0n) is 12.6. The second-order valence-corrected chi connectivity index (χ2v) is 5.31. The third-order valence-electron chi connectivity index (χ3n) is 3.26. The van der Waals surface area contributed by atoms with Crippen molar-refractivity contribution in [2.45, 2.75) is 19.9 Å². The Bertz CT molecular complexity index is 640. The van der Waals surface area contributed by atoms with Gasteiger partial charge in [0.1, 0.15) is 5.82 Å². The number of H-pyrrole nitrogens is 1. The molecule has 1 aromatic heterocycles. The van der Waals surface area contributed by atoms with Crippen molar-refractivity contribution in [3.63, 3.8) is 0 Å². The molecule has 2 aromatic rings. The van der Waals surface area contributed by atoms with Gasteiger partial charge in [0.05, 0.1) is 24.2 Å². The van der Waals surface area contributed by atoms with Gasteiger partial charge in [-0.3, -0.25) is 4.79 Å². The first-order valence-corrected chi connectivity index (χ1v) is 7.13. The molecular weight excluding hydrogens is 278 g/mol. The molecule has 1 atom stereocenters. The fourth-order valence-electron chi connectivity index (χ4n) is 2.07. The number of imidazole rings is 1. The van der Waals surface area contributed by atoms with Crippen molar-refractivity contribution in [2.24, 2.45) is 5.92 Å². The monoisotopic (exact) mass is 297 g/mol. The Labute approximate surface area is 129 Å². The van der Waals surface area contributed by atoms with Gasteiger partial charge < -0.3 is 15.6 Å². The zero-order chi connectivity index (χ0) is 15.9. The average Bonchev–Trinajstić information content (AvgIpc) is 3.04. The maximum atomic E-state index is 12.1. The number of nitrogens with zero attached hydrogens (tertiary/aromatic N) is 2. The minimum atomic E-state index is -0.148. The summed E-state index contributed by atoms with van der Waals surface area (Å²) in [6, 6.07) is 8.88. The van der Waals surface area contributed by atoms with Gasteiger partial charge in [0, 0.05) is 18.1 Å². The minimum Gasteiger partial charge on any atom is -0.376 e. The molecule has 22 heavy (non-hydrogen) atoms. The molecule has 0 fully saturated rings. The predicted octanol–water partition coefficient (Wildman–Crippen LogP) is 2.21. The number of hydrogen-bond acceptors (Lipinski definition) is 4. The van der Waals surface area contributed by atoms with Crippen molar-refractivity contribution in [2.75, 3.05) is 11.9 Å². The number of benzene rings is 1. The summed E-state index contributed by atoms with van der Waals surface area (Å²) in [5, 5.41) is 14.7. The number of rotatable bonds is 6. The van der Waals surface area contributed by atoms with Crippen LogP contribution in [0.2, 0.25) is 0 Å². The van der Waals surface area contributed by atoms with E-state index in [1.54, 1.807) is 36.7 Å². The lowest BCUT2D eigenvalue weighted by atomic mass is 10.0. The molecule has 6 nitrogen and oxygen atoms in total. The van der Waals surface area contributed by atoms with Gasteiger partial charge >= 0.3 is 0 Å². The van der Waals surface area contributed by atoms with Crippen LogP contribution in [-0.2, 0) is 4.79 Å². The lowest BCUT2D eigenvalue weighted by Crippen LogP contribution is -2.36. The summed E-state index contributed by atoms with van der Waals surface area (Å²) in [6.07, 6.45) is 3.41. The topological polar surface area (TPSA) is 93.6 Å². The third kappa shape index (κ3) is 4.09. The van der Waals surface area contributed by atoms with Crippen molar-refractivity contribution in [1.29, 1.82) is 5.26 Å². The molecule has 0 unspecified atom stereocenters. The second-order valence-electron chi connectivity index (χ2n) is 5.31. The first-order valence-electron chi connectivity index (χ1n) is 7.13. The lowest BCUT2D eigenvalue weighted by molar-refractivity contribution is -0.120. The van der Waals surface area contributed by atoms with E-state index in [-0.39, 0.29) is 24.4 Å². The van der Waals surface area contributed by atoms with Crippen LogP contribution in [0.3, 0.4) is 0 Å². The number of amides is 1. The normalized spacial score (nSPS) is 11.7. The van der Waals surface area contributed by atoms with E-state index in [1.807, 2.05) is 13.8 Å². The molecule has 0 aliphatic carbocycles. The second kappa shape index (κ2) is 7.27. The highest BCUT2D eigenvalue weighted by atomic mass is 16.2. The Morgan fingerprint density at radius 3 is 2.64 bits per heavy atom. The van der Waals surface area contributed by atoms with E-state index in [4.69, 9.17) is 5.26 Å². The number of aromatic amines is 1. The molecule has 0 aliphatic heterocycles. The van der Waals surface area contributed by atoms with Gasteiger partial charge in [0.15, 0.2) is 0 Å². The SMILES string of the molecule is CC(C)[C@H](NC(=O)CNc1ccc(C#N)cc1)c1ncc[nH]1. The molecule has 0 radical (unpaired) electrons. The summed E-state index contributed by atoms with van der Waals surface area (Å²) in [7, 11) is 0. The highest BCUT2D eigenvalue weighted by Crippen LogP contribution is 2.17. The minimum absolute atomic E-state index is 0.112. The molecule has 0 spiro atoms. The Hall–Kier alpha value is -2.81. The molecule has 2 rings (SSSR count). The number of hydrogen-bond donors (Lipinski definition) is 3. The molecule has 114 valence electrons. The van der Waals surface area contributed by atoms with Crippen LogP contribution in [0.15, 0.2) is 36.7 Å². The van der Waals surface area contributed by atoms with E-state index in [0.29, 0.717) is 5.56 Å². The molecule has 0 saturated carbocycles. The summed E-state index contributed by atoms with van der Waals surface area (Å²) in [6.45, 7) is 4.22. The Morgan fingerprint density at radius 2 is 2.09 bits per heavy atom. The fourth-order valence-corrected chi connectivity index (χ4v) is 2.07. The van der Waals surface area contributed by atoms with Crippen molar-refractivity contribution >= 4 is 11.6 Å². The van der Waals surface area contributed by atoms with Crippen molar-refractivity contribution in [3.05, 3.63) is 48.0 Å². The average molecular weight is 297 g/mol. The lowest BCUT2D eigenvalue weighted by Gasteiger charge is -2.20. The van der Waals surface area contributed by atoms with Crippen LogP contribution in [0.25, 0.3) is 0 Å². The fraction of sp³-hybridized carbons (Fsp3) is 0.312. The first kappa shape index (κ1) is 15.6. The standard InChI is InChI=1S/C16H19N5O/c1-11(2)15(16-18-7-8-19-16)21-14(22)10-20-13-5-3-12(9-17)4-6-13/h3-8,11,15,20H,10H2,1-2H3,(H,18,19)(H,21,22)/t15-/m0/s1. The van der Waals surface area contributed by atoms with Crippen molar-refractivity contribution < 1.29 is 4.79 Å². The number of nitriles is 1. The van der Waals surface area contributed by atoms with Crippen LogP contribution in [0.4, 0.5) is 5.69 Å². The molecular formula is C16H19N5O. The van der Waals surface area contributed by atoms with Gasteiger partial charge in [-0.25, -0.2) is 4.98 Å². The molecule has 0 bridgehead atoms. The largest absolute Gasteiger partial charge is 0.376 e. The van der Waals surface area contributed by atoms with Gasteiger partial charge in [-0.05, 0) is 30.2 Å². The van der Waals surface area contributed by atoms with Crippen molar-refractivity contribution in [1.82, 2.24) is 15.3 Å². The number of carbonyl (C=O) groups is 1. The smallest absolute Gasteiger partial charge is 0.239 e.